The standard InChI is InChI=1S/C13H17Br.C10H14/c1-10(2)9-13(14)11(3)12-7-5-4-6-8-12;1-5-7-10(8-6-2)9(3)4/h4-11H,1-3H3;5-8H,1,3H2,2,4H3/b13-9+;8-6-,10-7+. The van der Waals surface area contributed by atoms with Gasteiger partial charge in [-0.15, -0.1) is 0 Å². The lowest BCUT2D eigenvalue weighted by Crippen LogP contribution is -1.94. The lowest BCUT2D eigenvalue weighted by atomic mass is 9.99. The summed E-state index contributed by atoms with van der Waals surface area (Å²) in [5.74, 6) is 1.05. The molecular formula is C23H31Br. The topological polar surface area (TPSA) is 0 Å². The van der Waals surface area contributed by atoms with Crippen molar-refractivity contribution in [3.05, 3.63) is 95.1 Å². The fourth-order valence-electron chi connectivity index (χ4n) is 2.01. The second-order valence-electron chi connectivity index (χ2n) is 6.07. The number of halogens is 1. The van der Waals surface area contributed by atoms with E-state index in [9.17, 15) is 0 Å². The summed E-state index contributed by atoms with van der Waals surface area (Å²) < 4.78 is 1.28. The first kappa shape index (κ1) is 22.4. The fourth-order valence-corrected chi connectivity index (χ4v) is 2.80. The average molecular weight is 387 g/mol. The van der Waals surface area contributed by atoms with Crippen molar-refractivity contribution in [3.8, 4) is 0 Å². The van der Waals surface area contributed by atoms with Gasteiger partial charge in [0.15, 0.2) is 0 Å². The zero-order valence-electron chi connectivity index (χ0n) is 15.7. The lowest BCUT2D eigenvalue weighted by Gasteiger charge is -2.12. The summed E-state index contributed by atoms with van der Waals surface area (Å²) in [6.07, 6.45) is 9.98. The van der Waals surface area contributed by atoms with Crippen molar-refractivity contribution in [2.75, 3.05) is 0 Å². The molecule has 1 rings (SSSR count). The zero-order valence-corrected chi connectivity index (χ0v) is 17.3. The maximum Gasteiger partial charge on any atom is 0.0124 e. The van der Waals surface area contributed by atoms with Crippen LogP contribution in [0.5, 0.6) is 0 Å². The van der Waals surface area contributed by atoms with Gasteiger partial charge in [0.2, 0.25) is 0 Å². The molecule has 0 saturated carbocycles. The molecule has 0 radical (unpaired) electrons. The second-order valence-corrected chi connectivity index (χ2v) is 6.98. The Hall–Kier alpha value is -1.60. The van der Waals surface area contributed by atoms with Gasteiger partial charge in [-0.3, -0.25) is 0 Å². The average Bonchev–Trinajstić information content (AvgIpc) is 2.54. The molecule has 0 aromatic heterocycles. The van der Waals surface area contributed by atoms with Crippen LogP contribution in [0.1, 0.15) is 46.1 Å². The van der Waals surface area contributed by atoms with E-state index in [1.165, 1.54) is 10.0 Å². The maximum atomic E-state index is 3.83. The van der Waals surface area contributed by atoms with E-state index in [0.29, 0.717) is 11.8 Å². The Morgan fingerprint density at radius 1 is 1.12 bits per heavy atom. The Labute approximate surface area is 157 Å². The molecule has 1 heteroatoms. The number of rotatable bonds is 6. The predicted molar refractivity (Wildman–Crippen MR) is 115 cm³/mol. The number of hydrogen-bond donors (Lipinski definition) is 0. The van der Waals surface area contributed by atoms with Crippen LogP contribution in [-0.2, 0) is 0 Å². The van der Waals surface area contributed by atoms with Gasteiger partial charge in [0.1, 0.15) is 0 Å². The molecule has 0 heterocycles. The largest absolute Gasteiger partial charge is 0.0990 e. The van der Waals surface area contributed by atoms with Gasteiger partial charge in [0.25, 0.3) is 0 Å². The molecule has 1 atom stereocenters. The maximum absolute atomic E-state index is 3.83. The van der Waals surface area contributed by atoms with Crippen molar-refractivity contribution in [3.63, 3.8) is 0 Å². The molecule has 1 aromatic rings. The van der Waals surface area contributed by atoms with Gasteiger partial charge in [-0.25, -0.2) is 0 Å². The van der Waals surface area contributed by atoms with E-state index in [1.807, 2.05) is 32.1 Å². The first-order valence-electron chi connectivity index (χ1n) is 8.36. The van der Waals surface area contributed by atoms with Gasteiger partial charge >= 0.3 is 0 Å². The van der Waals surface area contributed by atoms with Crippen LogP contribution in [0.15, 0.2) is 89.5 Å². The SMILES string of the molecule is C=C/C=C(\C=C/C)C(=C)C.CC(C)/C=C(/Br)C(C)c1ccccc1. The van der Waals surface area contributed by atoms with Crippen LogP contribution in [-0.4, -0.2) is 0 Å². The summed E-state index contributed by atoms with van der Waals surface area (Å²) in [6.45, 7) is 18.0. The monoisotopic (exact) mass is 386 g/mol. The van der Waals surface area contributed by atoms with Gasteiger partial charge in [0.05, 0.1) is 0 Å². The Kier molecular flexibility index (Phi) is 11.9. The predicted octanol–water partition coefficient (Wildman–Crippen LogP) is 7.98. The number of benzene rings is 1. The molecule has 0 nitrogen and oxygen atoms in total. The van der Waals surface area contributed by atoms with Crippen molar-refractivity contribution in [1.29, 1.82) is 0 Å². The highest BCUT2D eigenvalue weighted by Gasteiger charge is 2.08. The van der Waals surface area contributed by atoms with Gasteiger partial charge in [-0.1, -0.05) is 116 Å². The molecule has 0 spiro atoms. The quantitative estimate of drug-likeness (QED) is 0.434. The third kappa shape index (κ3) is 9.52. The lowest BCUT2D eigenvalue weighted by molar-refractivity contribution is 0.812. The van der Waals surface area contributed by atoms with E-state index in [1.54, 1.807) is 6.08 Å². The number of allylic oxidation sites excluding steroid dienone is 8. The normalized spacial score (nSPS) is 13.5. The van der Waals surface area contributed by atoms with Gasteiger partial charge in [-0.2, -0.15) is 0 Å². The minimum atomic E-state index is 0.457. The molecular weight excluding hydrogens is 356 g/mol. The molecule has 0 N–H and O–H groups in total. The van der Waals surface area contributed by atoms with Gasteiger partial charge in [-0.05, 0) is 35.4 Å². The minimum absolute atomic E-state index is 0.457. The first-order valence-corrected chi connectivity index (χ1v) is 9.16. The van der Waals surface area contributed by atoms with Crippen molar-refractivity contribution in [2.24, 2.45) is 5.92 Å². The first-order chi connectivity index (χ1) is 11.3. The highest BCUT2D eigenvalue weighted by molar-refractivity contribution is 9.11. The summed E-state index contributed by atoms with van der Waals surface area (Å²) >= 11 is 3.64. The van der Waals surface area contributed by atoms with E-state index in [2.05, 4.69) is 86.3 Å². The van der Waals surface area contributed by atoms with Gasteiger partial charge in [0, 0.05) is 5.92 Å². The molecule has 24 heavy (non-hydrogen) atoms. The summed E-state index contributed by atoms with van der Waals surface area (Å²) in [6, 6.07) is 10.6. The molecule has 0 saturated heterocycles. The van der Waals surface area contributed by atoms with E-state index in [-0.39, 0.29) is 0 Å². The Bertz CT molecular complexity index is 586. The van der Waals surface area contributed by atoms with Crippen LogP contribution >= 0.6 is 15.9 Å². The molecule has 1 unspecified atom stereocenters. The highest BCUT2D eigenvalue weighted by atomic mass is 79.9. The molecule has 1 aromatic carbocycles. The highest BCUT2D eigenvalue weighted by Crippen LogP contribution is 2.28. The summed E-state index contributed by atoms with van der Waals surface area (Å²) in [4.78, 5) is 0. The summed E-state index contributed by atoms with van der Waals surface area (Å²) in [5.41, 5.74) is 3.56. The van der Waals surface area contributed by atoms with Crippen molar-refractivity contribution < 1.29 is 0 Å². The molecule has 0 amide bonds. The van der Waals surface area contributed by atoms with E-state index in [0.717, 1.165) is 11.1 Å². The van der Waals surface area contributed by atoms with Crippen LogP contribution in [0.2, 0.25) is 0 Å². The van der Waals surface area contributed by atoms with Crippen LogP contribution in [0.4, 0.5) is 0 Å². The molecule has 130 valence electrons. The number of hydrogen-bond acceptors (Lipinski definition) is 0. The molecule has 0 aliphatic carbocycles. The smallest absolute Gasteiger partial charge is 0.0124 e. The Morgan fingerprint density at radius 2 is 1.71 bits per heavy atom. The van der Waals surface area contributed by atoms with Crippen LogP contribution in [0.25, 0.3) is 0 Å². The fraction of sp³-hybridized carbons (Fsp3) is 0.304. The minimum Gasteiger partial charge on any atom is -0.0990 e. The van der Waals surface area contributed by atoms with Crippen molar-refractivity contribution in [2.45, 2.75) is 40.5 Å². The van der Waals surface area contributed by atoms with E-state index < -0.39 is 0 Å². The Morgan fingerprint density at radius 3 is 2.12 bits per heavy atom. The van der Waals surface area contributed by atoms with E-state index in [4.69, 9.17) is 0 Å². The van der Waals surface area contributed by atoms with Crippen molar-refractivity contribution >= 4 is 15.9 Å². The van der Waals surface area contributed by atoms with E-state index >= 15 is 0 Å². The van der Waals surface area contributed by atoms with Gasteiger partial charge < -0.3 is 0 Å². The zero-order chi connectivity index (χ0) is 18.5. The third-order valence-corrected chi connectivity index (χ3v) is 4.29. The van der Waals surface area contributed by atoms with Crippen LogP contribution in [0, 0.1) is 5.92 Å². The van der Waals surface area contributed by atoms with Crippen LogP contribution < -0.4 is 0 Å². The molecule has 0 fully saturated rings. The van der Waals surface area contributed by atoms with Crippen molar-refractivity contribution in [1.82, 2.24) is 0 Å². The molecule has 0 bridgehead atoms. The third-order valence-electron chi connectivity index (χ3n) is 3.34. The molecule has 0 aliphatic heterocycles. The van der Waals surface area contributed by atoms with Crippen LogP contribution in [0.3, 0.4) is 0 Å². The summed E-state index contributed by atoms with van der Waals surface area (Å²) in [5, 5.41) is 0. The Balaban J connectivity index is 0.000000470. The molecule has 0 aliphatic rings. The second kappa shape index (κ2) is 12.8. The summed E-state index contributed by atoms with van der Waals surface area (Å²) in [7, 11) is 0.